The van der Waals surface area contributed by atoms with E-state index in [1.165, 1.54) is 0 Å². The molecule has 0 heterocycles. The van der Waals surface area contributed by atoms with E-state index in [1.807, 2.05) is 12.1 Å². The van der Waals surface area contributed by atoms with E-state index < -0.39 is 0 Å². The molecule has 0 saturated carbocycles. The van der Waals surface area contributed by atoms with Gasteiger partial charge in [0, 0.05) is 10.4 Å². The molecule has 1 rings (SSSR count). The number of ether oxygens (including phenoxy) is 1. The Labute approximate surface area is 140 Å². The summed E-state index contributed by atoms with van der Waals surface area (Å²) in [6, 6.07) is 3.96. The van der Waals surface area contributed by atoms with Gasteiger partial charge in [0.25, 0.3) is 0 Å². The Hall–Kier alpha value is 0.810. The van der Waals surface area contributed by atoms with Crippen LogP contribution in [0.4, 0.5) is 0 Å². The average Bonchev–Trinajstić information content (AvgIpc) is 2.19. The molecule has 0 aromatic heterocycles. The molecule has 0 amide bonds. The SMILES string of the molecule is CC(C)(C)C(CS)COc1c(Br)cc(Br)cc1Br. The second kappa shape index (κ2) is 7.00. The van der Waals surface area contributed by atoms with Crippen LogP contribution in [0, 0.1) is 11.3 Å². The number of rotatable bonds is 4. The lowest BCUT2D eigenvalue weighted by Crippen LogP contribution is -2.28. The Morgan fingerprint density at radius 2 is 1.67 bits per heavy atom. The van der Waals surface area contributed by atoms with Gasteiger partial charge in [0.05, 0.1) is 15.6 Å². The van der Waals surface area contributed by atoms with Gasteiger partial charge in [0.2, 0.25) is 0 Å². The highest BCUT2D eigenvalue weighted by Gasteiger charge is 2.24. The quantitative estimate of drug-likeness (QED) is 0.546. The Morgan fingerprint density at radius 1 is 1.17 bits per heavy atom. The molecule has 0 bridgehead atoms. The summed E-state index contributed by atoms with van der Waals surface area (Å²) in [5.41, 5.74) is 0.191. The van der Waals surface area contributed by atoms with Crippen LogP contribution in [0.3, 0.4) is 0 Å². The molecule has 0 N–H and O–H groups in total. The zero-order chi connectivity index (χ0) is 13.9. The van der Waals surface area contributed by atoms with E-state index in [9.17, 15) is 0 Å². The Kier molecular flexibility index (Phi) is 6.56. The number of hydrogen-bond donors (Lipinski definition) is 1. The van der Waals surface area contributed by atoms with Crippen molar-refractivity contribution in [3.05, 3.63) is 25.6 Å². The van der Waals surface area contributed by atoms with Gasteiger partial charge in [-0.2, -0.15) is 12.6 Å². The van der Waals surface area contributed by atoms with Crippen LogP contribution in [0.1, 0.15) is 20.8 Å². The van der Waals surface area contributed by atoms with Crippen molar-refractivity contribution in [1.29, 1.82) is 0 Å². The minimum Gasteiger partial charge on any atom is -0.491 e. The first kappa shape index (κ1) is 16.9. The van der Waals surface area contributed by atoms with Crippen molar-refractivity contribution >= 4 is 60.4 Å². The fourth-order valence-corrected chi connectivity index (χ4v) is 4.57. The fraction of sp³-hybridized carbons (Fsp3) is 0.538. The summed E-state index contributed by atoms with van der Waals surface area (Å²) < 4.78 is 8.83. The van der Waals surface area contributed by atoms with Gasteiger partial charge in [0.15, 0.2) is 0 Å². The second-order valence-corrected chi connectivity index (χ2v) is 8.24. The van der Waals surface area contributed by atoms with Gasteiger partial charge in [-0.25, -0.2) is 0 Å². The van der Waals surface area contributed by atoms with E-state index in [1.54, 1.807) is 0 Å². The van der Waals surface area contributed by atoms with Crippen LogP contribution in [0.15, 0.2) is 25.6 Å². The minimum absolute atomic E-state index is 0.191. The van der Waals surface area contributed by atoms with E-state index in [0.717, 1.165) is 24.9 Å². The van der Waals surface area contributed by atoms with E-state index in [-0.39, 0.29) is 5.41 Å². The summed E-state index contributed by atoms with van der Waals surface area (Å²) >= 11 is 14.9. The Morgan fingerprint density at radius 3 is 2.06 bits per heavy atom. The lowest BCUT2D eigenvalue weighted by atomic mass is 9.82. The van der Waals surface area contributed by atoms with Gasteiger partial charge in [-0.15, -0.1) is 0 Å². The molecule has 1 aromatic rings. The van der Waals surface area contributed by atoms with Crippen LogP contribution in [0.2, 0.25) is 0 Å². The number of hydrogen-bond acceptors (Lipinski definition) is 2. The molecule has 1 aromatic carbocycles. The van der Waals surface area contributed by atoms with E-state index in [2.05, 4.69) is 81.2 Å². The van der Waals surface area contributed by atoms with Crippen molar-refractivity contribution in [3.63, 3.8) is 0 Å². The first-order valence-corrected chi connectivity index (χ1v) is 8.65. The van der Waals surface area contributed by atoms with Crippen LogP contribution >= 0.6 is 60.4 Å². The molecule has 0 fully saturated rings. The van der Waals surface area contributed by atoms with E-state index in [0.29, 0.717) is 12.5 Å². The summed E-state index contributed by atoms with van der Waals surface area (Å²) in [5, 5.41) is 0. The Bertz CT molecular complexity index is 392. The number of halogens is 3. The summed E-state index contributed by atoms with van der Waals surface area (Å²) in [6.07, 6.45) is 0. The molecule has 1 nitrogen and oxygen atoms in total. The first-order valence-electron chi connectivity index (χ1n) is 5.64. The monoisotopic (exact) mass is 458 g/mol. The molecule has 1 atom stereocenters. The van der Waals surface area contributed by atoms with Crippen molar-refractivity contribution in [2.45, 2.75) is 20.8 Å². The molecular weight excluding hydrogens is 444 g/mol. The minimum atomic E-state index is 0.191. The van der Waals surface area contributed by atoms with Crippen LogP contribution in [0.5, 0.6) is 5.75 Å². The highest BCUT2D eigenvalue weighted by atomic mass is 79.9. The number of thiol groups is 1. The van der Waals surface area contributed by atoms with Crippen molar-refractivity contribution in [1.82, 2.24) is 0 Å². The lowest BCUT2D eigenvalue weighted by molar-refractivity contribution is 0.164. The maximum Gasteiger partial charge on any atom is 0.147 e. The molecule has 0 aliphatic heterocycles. The van der Waals surface area contributed by atoms with Crippen molar-refractivity contribution in [3.8, 4) is 5.75 Å². The Balaban J connectivity index is 2.80. The van der Waals surface area contributed by atoms with Crippen molar-refractivity contribution < 1.29 is 4.74 Å². The van der Waals surface area contributed by atoms with Gasteiger partial charge >= 0.3 is 0 Å². The first-order chi connectivity index (χ1) is 8.25. The molecule has 0 saturated heterocycles. The molecule has 5 heteroatoms. The summed E-state index contributed by atoms with van der Waals surface area (Å²) in [4.78, 5) is 0. The molecule has 1 unspecified atom stereocenters. The molecule has 0 radical (unpaired) electrons. The maximum atomic E-state index is 5.94. The third-order valence-electron chi connectivity index (χ3n) is 2.84. The normalized spacial score (nSPS) is 13.5. The molecular formula is C13H17Br3OS. The largest absolute Gasteiger partial charge is 0.491 e. The predicted molar refractivity (Wildman–Crippen MR) is 91.8 cm³/mol. The van der Waals surface area contributed by atoms with Crippen LogP contribution in [-0.2, 0) is 0 Å². The second-order valence-electron chi connectivity index (χ2n) is 5.26. The topological polar surface area (TPSA) is 9.23 Å². The summed E-state index contributed by atoms with van der Waals surface area (Å²) in [7, 11) is 0. The zero-order valence-electron chi connectivity index (χ0n) is 10.6. The van der Waals surface area contributed by atoms with Crippen LogP contribution in [0.25, 0.3) is 0 Å². The molecule has 0 aliphatic rings. The standard InChI is InChI=1S/C13H17Br3OS/c1-13(2,3)8(7-18)6-17-12-10(15)4-9(14)5-11(12)16/h4-5,8,18H,6-7H2,1-3H3. The number of benzene rings is 1. The van der Waals surface area contributed by atoms with Gasteiger partial charge in [-0.3, -0.25) is 0 Å². The summed E-state index contributed by atoms with van der Waals surface area (Å²) in [6.45, 7) is 7.29. The summed E-state index contributed by atoms with van der Waals surface area (Å²) in [5.74, 6) is 2.06. The fourth-order valence-electron chi connectivity index (χ4n) is 1.43. The van der Waals surface area contributed by atoms with E-state index in [4.69, 9.17) is 4.74 Å². The lowest BCUT2D eigenvalue weighted by Gasteiger charge is -2.29. The molecule has 18 heavy (non-hydrogen) atoms. The van der Waals surface area contributed by atoms with E-state index >= 15 is 0 Å². The smallest absolute Gasteiger partial charge is 0.147 e. The van der Waals surface area contributed by atoms with Gasteiger partial charge < -0.3 is 4.74 Å². The zero-order valence-corrected chi connectivity index (χ0v) is 16.3. The van der Waals surface area contributed by atoms with Crippen molar-refractivity contribution in [2.24, 2.45) is 11.3 Å². The molecule has 102 valence electrons. The molecule has 0 spiro atoms. The third-order valence-corrected chi connectivity index (χ3v) is 4.91. The maximum absolute atomic E-state index is 5.94. The van der Waals surface area contributed by atoms with Crippen molar-refractivity contribution in [2.75, 3.05) is 12.4 Å². The highest BCUT2D eigenvalue weighted by molar-refractivity contribution is 9.11. The highest BCUT2D eigenvalue weighted by Crippen LogP contribution is 2.37. The van der Waals surface area contributed by atoms with Gasteiger partial charge in [-0.1, -0.05) is 36.7 Å². The van der Waals surface area contributed by atoms with Crippen LogP contribution < -0.4 is 4.74 Å². The van der Waals surface area contributed by atoms with Crippen LogP contribution in [-0.4, -0.2) is 12.4 Å². The van der Waals surface area contributed by atoms with Gasteiger partial charge in [-0.05, 0) is 55.2 Å². The third kappa shape index (κ3) is 4.73. The van der Waals surface area contributed by atoms with Gasteiger partial charge in [0.1, 0.15) is 5.75 Å². The molecule has 0 aliphatic carbocycles. The predicted octanol–water partition coefficient (Wildman–Crippen LogP) is 5.95. The average molecular weight is 461 g/mol.